The van der Waals surface area contributed by atoms with Crippen molar-refractivity contribution in [2.24, 2.45) is 0 Å². The molecule has 0 heterocycles. The molecule has 0 unspecified atom stereocenters. The minimum atomic E-state index is -0.319. The molecule has 0 fully saturated rings. The van der Waals surface area contributed by atoms with Crippen LogP contribution >= 0.6 is 27.5 Å². The van der Waals surface area contributed by atoms with Gasteiger partial charge in [-0.25, -0.2) is 0 Å². The highest BCUT2D eigenvalue weighted by atomic mass is 79.9. The van der Waals surface area contributed by atoms with Gasteiger partial charge in [0.05, 0.1) is 10.6 Å². The third-order valence-corrected chi connectivity index (χ3v) is 3.22. The van der Waals surface area contributed by atoms with Gasteiger partial charge >= 0.3 is 0 Å². The summed E-state index contributed by atoms with van der Waals surface area (Å²) in [5.74, 6) is -0.319. The molecular weight excluding hydrogens is 316 g/mol. The largest absolute Gasteiger partial charge is 0.398 e. The molecule has 0 aromatic heterocycles. The summed E-state index contributed by atoms with van der Waals surface area (Å²) in [4.78, 5) is 12.1. The topological polar surface area (TPSA) is 55.1 Å². The molecule has 1 amide bonds. The summed E-state index contributed by atoms with van der Waals surface area (Å²) < 4.78 is 0.942. The SMILES string of the molecule is Nc1cccc(Cl)c1C(=O)Nc1ccc(Br)cc1. The number of nitrogens with one attached hydrogen (secondary N) is 1. The number of nitrogen functional groups attached to an aromatic ring is 1. The quantitative estimate of drug-likeness (QED) is 0.822. The second-order valence-electron chi connectivity index (χ2n) is 3.67. The summed E-state index contributed by atoms with van der Waals surface area (Å²) in [6.45, 7) is 0. The number of benzene rings is 2. The zero-order valence-electron chi connectivity index (χ0n) is 9.28. The van der Waals surface area contributed by atoms with Gasteiger partial charge in [-0.05, 0) is 36.4 Å². The Hall–Kier alpha value is -1.52. The van der Waals surface area contributed by atoms with Crippen LogP contribution in [0.1, 0.15) is 10.4 Å². The summed E-state index contributed by atoms with van der Waals surface area (Å²) >= 11 is 9.29. The number of rotatable bonds is 2. The molecule has 5 heteroatoms. The van der Waals surface area contributed by atoms with Crippen LogP contribution in [-0.4, -0.2) is 5.91 Å². The number of nitrogens with two attached hydrogens (primary N) is 1. The molecule has 0 saturated carbocycles. The molecule has 0 radical (unpaired) electrons. The highest BCUT2D eigenvalue weighted by Gasteiger charge is 2.13. The Bertz CT molecular complexity index is 564. The van der Waals surface area contributed by atoms with Crippen LogP contribution in [0.4, 0.5) is 11.4 Å². The first-order chi connectivity index (χ1) is 8.58. The van der Waals surface area contributed by atoms with Crippen LogP contribution in [0, 0.1) is 0 Å². The predicted molar refractivity (Wildman–Crippen MR) is 78.0 cm³/mol. The maximum Gasteiger partial charge on any atom is 0.259 e. The normalized spacial score (nSPS) is 10.1. The number of halogens is 2. The lowest BCUT2D eigenvalue weighted by atomic mass is 10.1. The summed E-state index contributed by atoms with van der Waals surface area (Å²) in [5.41, 5.74) is 7.08. The first-order valence-corrected chi connectivity index (χ1v) is 6.36. The number of carbonyl (C=O) groups excluding carboxylic acids is 1. The maximum atomic E-state index is 12.1. The molecule has 92 valence electrons. The molecule has 0 bridgehead atoms. The summed E-state index contributed by atoms with van der Waals surface area (Å²) in [6.07, 6.45) is 0. The third-order valence-electron chi connectivity index (χ3n) is 2.37. The van der Waals surface area contributed by atoms with Gasteiger partial charge in [0.2, 0.25) is 0 Å². The Morgan fingerprint density at radius 2 is 1.83 bits per heavy atom. The van der Waals surface area contributed by atoms with Crippen LogP contribution < -0.4 is 11.1 Å². The standard InChI is InChI=1S/C13H10BrClN2O/c14-8-4-6-9(7-5-8)17-13(18)12-10(15)2-1-3-11(12)16/h1-7H,16H2,(H,17,18). The van der Waals surface area contributed by atoms with Gasteiger partial charge in [-0.1, -0.05) is 33.6 Å². The molecule has 2 aromatic rings. The Balaban J connectivity index is 2.25. The maximum absolute atomic E-state index is 12.1. The summed E-state index contributed by atoms with van der Waals surface area (Å²) in [7, 11) is 0. The van der Waals surface area contributed by atoms with Crippen LogP contribution in [0.5, 0.6) is 0 Å². The average Bonchev–Trinajstić information content (AvgIpc) is 2.32. The third kappa shape index (κ3) is 2.83. The zero-order chi connectivity index (χ0) is 13.1. The molecule has 0 aliphatic heterocycles. The van der Waals surface area contributed by atoms with E-state index in [1.54, 1.807) is 30.3 Å². The van der Waals surface area contributed by atoms with Crippen molar-refractivity contribution in [3.05, 3.63) is 57.5 Å². The Kier molecular flexibility index (Phi) is 3.89. The van der Waals surface area contributed by atoms with Crippen LogP contribution in [-0.2, 0) is 0 Å². The number of carbonyl (C=O) groups is 1. The van der Waals surface area contributed by atoms with Crippen molar-refractivity contribution in [2.75, 3.05) is 11.1 Å². The van der Waals surface area contributed by atoms with Crippen LogP contribution in [0.3, 0.4) is 0 Å². The fraction of sp³-hybridized carbons (Fsp3) is 0. The first kappa shape index (κ1) is 12.9. The van der Waals surface area contributed by atoms with Crippen molar-refractivity contribution in [1.29, 1.82) is 0 Å². The second kappa shape index (κ2) is 5.42. The fourth-order valence-corrected chi connectivity index (χ4v) is 2.04. The summed E-state index contributed by atoms with van der Waals surface area (Å²) in [5, 5.41) is 3.08. The Morgan fingerprint density at radius 1 is 1.17 bits per heavy atom. The number of hydrogen-bond acceptors (Lipinski definition) is 2. The lowest BCUT2D eigenvalue weighted by Crippen LogP contribution is -2.14. The van der Waals surface area contributed by atoms with Gasteiger partial charge in [-0.15, -0.1) is 0 Å². The molecule has 18 heavy (non-hydrogen) atoms. The molecule has 2 aromatic carbocycles. The summed E-state index contributed by atoms with van der Waals surface area (Å²) in [6, 6.07) is 12.2. The van der Waals surface area contributed by atoms with Gasteiger partial charge in [0.15, 0.2) is 0 Å². The van der Waals surface area contributed by atoms with Crippen molar-refractivity contribution < 1.29 is 4.79 Å². The van der Waals surface area contributed by atoms with E-state index in [0.29, 0.717) is 22.0 Å². The van der Waals surface area contributed by atoms with Gasteiger partial charge in [0.1, 0.15) is 0 Å². The van der Waals surface area contributed by atoms with Gasteiger partial charge in [0.25, 0.3) is 5.91 Å². The molecule has 0 saturated heterocycles. The van der Waals surface area contributed by atoms with E-state index in [0.717, 1.165) is 4.47 Å². The number of amides is 1. The lowest BCUT2D eigenvalue weighted by Gasteiger charge is -2.09. The molecule has 2 rings (SSSR count). The van der Waals surface area contributed by atoms with E-state index in [1.165, 1.54) is 0 Å². The molecule has 0 aliphatic rings. The number of anilines is 2. The minimum absolute atomic E-state index is 0.294. The van der Waals surface area contributed by atoms with E-state index < -0.39 is 0 Å². The smallest absolute Gasteiger partial charge is 0.259 e. The second-order valence-corrected chi connectivity index (χ2v) is 4.99. The average molecular weight is 326 g/mol. The zero-order valence-corrected chi connectivity index (χ0v) is 11.6. The van der Waals surface area contributed by atoms with E-state index in [4.69, 9.17) is 17.3 Å². The molecule has 3 N–H and O–H groups in total. The predicted octanol–water partition coefficient (Wildman–Crippen LogP) is 3.94. The highest BCUT2D eigenvalue weighted by molar-refractivity contribution is 9.10. The van der Waals surface area contributed by atoms with Crippen molar-refractivity contribution in [1.82, 2.24) is 0 Å². The van der Waals surface area contributed by atoms with E-state index in [1.807, 2.05) is 12.1 Å². The van der Waals surface area contributed by atoms with Gasteiger partial charge < -0.3 is 11.1 Å². The van der Waals surface area contributed by atoms with Crippen LogP contribution in [0.15, 0.2) is 46.9 Å². The molecular formula is C13H10BrClN2O. The van der Waals surface area contributed by atoms with Gasteiger partial charge in [-0.2, -0.15) is 0 Å². The van der Waals surface area contributed by atoms with E-state index in [9.17, 15) is 4.79 Å². The molecule has 0 atom stereocenters. The van der Waals surface area contributed by atoms with Crippen LogP contribution in [0.2, 0.25) is 5.02 Å². The van der Waals surface area contributed by atoms with Crippen LogP contribution in [0.25, 0.3) is 0 Å². The van der Waals surface area contributed by atoms with Crippen molar-refractivity contribution >= 4 is 44.8 Å². The lowest BCUT2D eigenvalue weighted by molar-refractivity contribution is 0.102. The van der Waals surface area contributed by atoms with Gasteiger partial charge in [0, 0.05) is 15.8 Å². The Labute approximate surface area is 118 Å². The van der Waals surface area contributed by atoms with Crippen molar-refractivity contribution in [2.45, 2.75) is 0 Å². The van der Waals surface area contributed by atoms with E-state index in [-0.39, 0.29) is 5.91 Å². The molecule has 3 nitrogen and oxygen atoms in total. The molecule has 0 spiro atoms. The monoisotopic (exact) mass is 324 g/mol. The minimum Gasteiger partial charge on any atom is -0.398 e. The number of hydrogen-bond donors (Lipinski definition) is 2. The fourth-order valence-electron chi connectivity index (χ4n) is 1.51. The first-order valence-electron chi connectivity index (χ1n) is 5.19. The highest BCUT2D eigenvalue weighted by Crippen LogP contribution is 2.23. The van der Waals surface area contributed by atoms with E-state index in [2.05, 4.69) is 21.2 Å². The Morgan fingerprint density at radius 3 is 2.44 bits per heavy atom. The van der Waals surface area contributed by atoms with Crippen molar-refractivity contribution in [3.8, 4) is 0 Å². The van der Waals surface area contributed by atoms with Crippen molar-refractivity contribution in [3.63, 3.8) is 0 Å². The van der Waals surface area contributed by atoms with E-state index >= 15 is 0 Å². The molecule has 0 aliphatic carbocycles. The van der Waals surface area contributed by atoms with Gasteiger partial charge in [-0.3, -0.25) is 4.79 Å².